The van der Waals surface area contributed by atoms with E-state index in [1.165, 1.54) is 6.07 Å². The van der Waals surface area contributed by atoms with Gasteiger partial charge in [0.15, 0.2) is 0 Å². The van der Waals surface area contributed by atoms with Crippen LogP contribution in [0.5, 0.6) is 5.75 Å². The predicted molar refractivity (Wildman–Crippen MR) is 78.8 cm³/mol. The first-order chi connectivity index (χ1) is 8.66. The van der Waals surface area contributed by atoms with Gasteiger partial charge in [0.2, 0.25) is 0 Å². The van der Waals surface area contributed by atoms with E-state index in [9.17, 15) is 9.90 Å². The zero-order chi connectivity index (χ0) is 13.0. The topological polar surface area (TPSA) is 61.4 Å². The zero-order valence-corrected chi connectivity index (χ0v) is 12.2. The summed E-state index contributed by atoms with van der Waals surface area (Å²) in [7, 11) is 0. The van der Waals surface area contributed by atoms with Crippen LogP contribution in [0.15, 0.2) is 18.2 Å². The first-order valence-corrected chi connectivity index (χ1v) is 7.25. The highest BCUT2D eigenvalue weighted by atomic mass is 127. The van der Waals surface area contributed by atoms with E-state index < -0.39 is 0 Å². The molecule has 1 atom stereocenters. The monoisotopic (exact) mass is 360 g/mol. The molecule has 0 saturated carbocycles. The summed E-state index contributed by atoms with van der Waals surface area (Å²) in [6.07, 6.45) is 3.31. The van der Waals surface area contributed by atoms with Gasteiger partial charge in [-0.15, -0.1) is 0 Å². The molecule has 5 heteroatoms. The molecule has 2 rings (SSSR count). The molecule has 1 unspecified atom stereocenters. The van der Waals surface area contributed by atoms with Crippen LogP contribution in [0.1, 0.15) is 29.6 Å². The number of phenols is 1. The smallest absolute Gasteiger partial charge is 0.251 e. The molecule has 0 spiro atoms. The molecule has 0 aromatic heterocycles. The van der Waals surface area contributed by atoms with Gasteiger partial charge < -0.3 is 15.7 Å². The highest BCUT2D eigenvalue weighted by Gasteiger charge is 2.16. The Morgan fingerprint density at radius 2 is 2.28 bits per heavy atom. The molecule has 1 fully saturated rings. The summed E-state index contributed by atoms with van der Waals surface area (Å²) in [6, 6.07) is 5.18. The van der Waals surface area contributed by atoms with Crippen molar-refractivity contribution in [3.63, 3.8) is 0 Å². The van der Waals surface area contributed by atoms with Crippen molar-refractivity contribution in [3.8, 4) is 5.75 Å². The molecule has 3 N–H and O–H groups in total. The highest BCUT2D eigenvalue weighted by Crippen LogP contribution is 2.20. The first kappa shape index (κ1) is 13.6. The number of aromatic hydroxyl groups is 1. The van der Waals surface area contributed by atoms with Crippen molar-refractivity contribution in [2.45, 2.75) is 25.3 Å². The fourth-order valence-electron chi connectivity index (χ4n) is 2.06. The van der Waals surface area contributed by atoms with Crippen molar-refractivity contribution >= 4 is 28.5 Å². The average Bonchev–Trinajstić information content (AvgIpc) is 2.61. The van der Waals surface area contributed by atoms with E-state index in [1.54, 1.807) is 12.1 Å². The Kier molecular flexibility index (Phi) is 4.82. The van der Waals surface area contributed by atoms with Gasteiger partial charge in [0.1, 0.15) is 5.75 Å². The van der Waals surface area contributed by atoms with Crippen molar-refractivity contribution in [2.75, 3.05) is 13.1 Å². The standard InChI is InChI=1S/C13H17IN2O2/c14-11-5-4-9(7-12(11)17)13(18)16-10-3-1-2-6-15-8-10/h4-5,7,10,15,17H,1-3,6,8H2,(H,16,18). The van der Waals surface area contributed by atoms with Crippen LogP contribution >= 0.6 is 22.6 Å². The quantitative estimate of drug-likeness (QED) is 0.706. The molecule has 1 aromatic carbocycles. The van der Waals surface area contributed by atoms with Crippen molar-refractivity contribution in [2.24, 2.45) is 0 Å². The van der Waals surface area contributed by atoms with E-state index in [1.807, 2.05) is 22.6 Å². The second kappa shape index (κ2) is 6.38. The minimum Gasteiger partial charge on any atom is -0.507 e. The summed E-state index contributed by atoms with van der Waals surface area (Å²) < 4.78 is 0.750. The highest BCUT2D eigenvalue weighted by molar-refractivity contribution is 14.1. The molecule has 98 valence electrons. The van der Waals surface area contributed by atoms with Crippen molar-refractivity contribution in [1.29, 1.82) is 0 Å². The van der Waals surface area contributed by atoms with Gasteiger partial charge in [0.05, 0.1) is 3.57 Å². The molecule has 1 aliphatic heterocycles. The number of hydrogen-bond acceptors (Lipinski definition) is 3. The van der Waals surface area contributed by atoms with E-state index in [2.05, 4.69) is 10.6 Å². The number of rotatable bonds is 2. The maximum atomic E-state index is 12.0. The van der Waals surface area contributed by atoms with Crippen molar-refractivity contribution in [3.05, 3.63) is 27.3 Å². The molecule has 0 bridgehead atoms. The Labute approximate surface area is 120 Å². The van der Waals surface area contributed by atoms with Gasteiger partial charge >= 0.3 is 0 Å². The van der Waals surface area contributed by atoms with Gasteiger partial charge in [-0.25, -0.2) is 0 Å². The lowest BCUT2D eigenvalue weighted by Gasteiger charge is -2.16. The Balaban J connectivity index is 1.99. The number of hydrogen-bond donors (Lipinski definition) is 3. The number of amides is 1. The third-order valence-corrected chi connectivity index (χ3v) is 4.00. The minimum absolute atomic E-state index is 0.115. The molecule has 4 nitrogen and oxygen atoms in total. The van der Waals surface area contributed by atoms with Crippen LogP contribution in [0, 0.1) is 3.57 Å². The van der Waals surface area contributed by atoms with Gasteiger partial charge in [-0.1, -0.05) is 6.42 Å². The van der Waals surface area contributed by atoms with E-state index in [-0.39, 0.29) is 17.7 Å². The van der Waals surface area contributed by atoms with E-state index in [4.69, 9.17) is 0 Å². The van der Waals surface area contributed by atoms with Crippen LogP contribution < -0.4 is 10.6 Å². The molecular weight excluding hydrogens is 343 g/mol. The Bertz CT molecular complexity index is 429. The summed E-state index contributed by atoms with van der Waals surface area (Å²) in [5.41, 5.74) is 0.511. The van der Waals surface area contributed by atoms with Gasteiger partial charge in [0, 0.05) is 18.2 Å². The number of nitrogens with one attached hydrogen (secondary N) is 2. The molecule has 1 aromatic rings. The van der Waals surface area contributed by atoms with Gasteiger partial charge in [-0.2, -0.15) is 0 Å². The normalized spacial score (nSPS) is 20.2. The lowest BCUT2D eigenvalue weighted by atomic mass is 10.1. The molecule has 1 saturated heterocycles. The summed E-state index contributed by atoms with van der Waals surface area (Å²) in [5, 5.41) is 15.9. The SMILES string of the molecule is O=C(NC1CCCCNC1)c1ccc(I)c(O)c1. The number of carbonyl (C=O) groups excluding carboxylic acids is 1. The molecular formula is C13H17IN2O2. The predicted octanol–water partition coefficient (Wildman–Crippen LogP) is 1.87. The molecule has 0 aliphatic carbocycles. The van der Waals surface area contributed by atoms with Gasteiger partial charge in [-0.05, 0) is 60.2 Å². The maximum absolute atomic E-state index is 12.0. The average molecular weight is 360 g/mol. The Morgan fingerprint density at radius 1 is 1.44 bits per heavy atom. The van der Waals surface area contributed by atoms with Crippen LogP contribution in [0.3, 0.4) is 0 Å². The zero-order valence-electron chi connectivity index (χ0n) is 10.1. The Morgan fingerprint density at radius 3 is 3.06 bits per heavy atom. The largest absolute Gasteiger partial charge is 0.507 e. The van der Waals surface area contributed by atoms with Crippen LogP contribution in [-0.4, -0.2) is 30.1 Å². The summed E-state index contributed by atoms with van der Waals surface area (Å²) in [6.45, 7) is 1.85. The second-order valence-corrected chi connectivity index (χ2v) is 5.70. The number of phenolic OH excluding ortho intramolecular Hbond substituents is 1. The van der Waals surface area contributed by atoms with Crippen LogP contribution in [0.2, 0.25) is 0 Å². The van der Waals surface area contributed by atoms with Crippen molar-refractivity contribution < 1.29 is 9.90 Å². The summed E-state index contributed by atoms with van der Waals surface area (Å²) in [4.78, 5) is 12.0. The fraction of sp³-hybridized carbons (Fsp3) is 0.462. The van der Waals surface area contributed by atoms with Crippen LogP contribution in [0.25, 0.3) is 0 Å². The number of carbonyl (C=O) groups is 1. The summed E-state index contributed by atoms with van der Waals surface area (Å²) >= 11 is 2.03. The summed E-state index contributed by atoms with van der Waals surface area (Å²) in [5.74, 6) is 0.0395. The minimum atomic E-state index is -0.115. The van der Waals surface area contributed by atoms with Gasteiger partial charge in [-0.3, -0.25) is 4.79 Å². The number of halogens is 1. The van der Waals surface area contributed by atoms with Gasteiger partial charge in [0.25, 0.3) is 5.91 Å². The van der Waals surface area contributed by atoms with E-state index >= 15 is 0 Å². The van der Waals surface area contributed by atoms with Crippen molar-refractivity contribution in [1.82, 2.24) is 10.6 Å². The second-order valence-electron chi connectivity index (χ2n) is 4.54. The fourth-order valence-corrected chi connectivity index (χ4v) is 2.40. The van der Waals surface area contributed by atoms with E-state index in [0.29, 0.717) is 5.56 Å². The molecule has 1 amide bonds. The van der Waals surface area contributed by atoms with E-state index in [0.717, 1.165) is 35.9 Å². The molecule has 0 radical (unpaired) electrons. The molecule has 18 heavy (non-hydrogen) atoms. The third-order valence-electron chi connectivity index (χ3n) is 3.09. The Hall–Kier alpha value is -0.820. The lowest BCUT2D eigenvalue weighted by molar-refractivity contribution is 0.0935. The van der Waals surface area contributed by atoms with Crippen LogP contribution in [-0.2, 0) is 0 Å². The first-order valence-electron chi connectivity index (χ1n) is 6.17. The molecule has 1 heterocycles. The molecule has 1 aliphatic rings. The number of benzene rings is 1. The van der Waals surface area contributed by atoms with Crippen LogP contribution in [0.4, 0.5) is 0 Å². The lowest BCUT2D eigenvalue weighted by Crippen LogP contribution is -2.40. The maximum Gasteiger partial charge on any atom is 0.251 e. The third kappa shape index (κ3) is 3.58.